The van der Waals surface area contributed by atoms with Crippen molar-refractivity contribution in [1.29, 1.82) is 0 Å². The summed E-state index contributed by atoms with van der Waals surface area (Å²) in [7, 11) is 7.86. The molecule has 4 unspecified atom stereocenters. The molecule has 3 heterocycles. The quantitative estimate of drug-likeness (QED) is 0.00769. The van der Waals surface area contributed by atoms with Gasteiger partial charge in [0, 0.05) is 79.7 Å². The van der Waals surface area contributed by atoms with Gasteiger partial charge in [0.25, 0.3) is 5.91 Å². The van der Waals surface area contributed by atoms with Gasteiger partial charge in [-0.25, -0.2) is 34.0 Å². The predicted octanol–water partition coefficient (Wildman–Crippen LogP) is 8.52. The normalized spacial score (nSPS) is 15.7. The molecule has 0 fully saturated rings. The van der Waals surface area contributed by atoms with Gasteiger partial charge in [-0.15, -0.1) is 0 Å². The third-order valence-electron chi connectivity index (χ3n) is 16.9. The minimum Gasteiger partial charge on any atom is -0.507 e. The SMILES string of the molecule is CC(N)(CO)C(=O)OCc1ccccc1.COCCOc1ccc(C(=O)NC(C)(CO)C(C)=O)c(O)c1.COCCOc1ccc(C(=O)O)c(O)c1.COCCOc1ccc(C2=NC(C)(C(=O)O)CO2)c(O)c1.COCCOc1ccc(C2=NC(C)(C(=O)OCc3ccccc3)CO2)c(O)c1.COCCOc1ccc2c(c1)OC(C)(C)OC2=O.O=CC(F)(F)F. The molecule has 0 radical (unpaired) electrons. The van der Waals surface area contributed by atoms with Crippen LogP contribution in [0.25, 0.3) is 0 Å². The number of amides is 1. The average molecular weight is 1760 g/mol. The predicted molar refractivity (Wildman–Crippen MR) is 440 cm³/mol. The van der Waals surface area contributed by atoms with E-state index in [-0.39, 0.29) is 84.1 Å². The van der Waals surface area contributed by atoms with Crippen LogP contribution in [-0.2, 0) is 84.6 Å². The number of phenols is 4. The highest BCUT2D eigenvalue weighted by atomic mass is 19.4. The summed E-state index contributed by atoms with van der Waals surface area (Å²) < 4.78 is 114. The molecular weight excluding hydrogens is 1660 g/mol. The Hall–Kier alpha value is -12.9. The third kappa shape index (κ3) is 35.5. The molecule has 3 aliphatic heterocycles. The fraction of sp³-hybridized carbons (Fsp3) is 0.395. The Kier molecular flexibility index (Phi) is 42.8. The first-order valence-corrected chi connectivity index (χ1v) is 37.8. The van der Waals surface area contributed by atoms with E-state index in [2.05, 4.69) is 15.3 Å². The van der Waals surface area contributed by atoms with Gasteiger partial charge in [0.15, 0.2) is 16.9 Å². The maximum atomic E-state index is 12.5. The first kappa shape index (κ1) is 104. The number of aliphatic hydroxyl groups excluding tert-OH is 2. The number of fused-ring (bicyclic) bond motifs is 1. The summed E-state index contributed by atoms with van der Waals surface area (Å²) in [5.41, 5.74) is 3.05. The van der Waals surface area contributed by atoms with Crippen LogP contribution in [0.4, 0.5) is 13.2 Å². The second-order valence-electron chi connectivity index (χ2n) is 27.9. The number of halogens is 3. The molecule has 0 saturated carbocycles. The summed E-state index contributed by atoms with van der Waals surface area (Å²) in [4.78, 5) is 97.9. The number of carboxylic acids is 2. The Morgan fingerprint density at radius 2 is 0.872 bits per heavy atom. The Labute approximate surface area is 717 Å². The number of carboxylic acid groups (broad SMARTS) is 2. The van der Waals surface area contributed by atoms with E-state index in [1.165, 1.54) is 76.2 Å². The third-order valence-corrected chi connectivity index (χ3v) is 16.9. The highest BCUT2D eigenvalue weighted by Crippen LogP contribution is 2.36. The maximum absolute atomic E-state index is 12.5. The molecule has 0 saturated heterocycles. The molecule has 39 heteroatoms. The van der Waals surface area contributed by atoms with Gasteiger partial charge in [0.05, 0.1) is 62.9 Å². The maximum Gasteiger partial charge on any atom is 0.446 e. The molecule has 4 atom stereocenters. The monoisotopic (exact) mass is 1760 g/mol. The van der Waals surface area contributed by atoms with Crippen LogP contribution in [0.3, 0.4) is 0 Å². The van der Waals surface area contributed by atoms with Gasteiger partial charge in [-0.05, 0) is 106 Å². The van der Waals surface area contributed by atoms with E-state index in [9.17, 15) is 72.3 Å². The van der Waals surface area contributed by atoms with Gasteiger partial charge in [-0.3, -0.25) is 14.4 Å². The van der Waals surface area contributed by atoms with Crippen molar-refractivity contribution in [2.24, 2.45) is 15.7 Å². The molecule has 7 aromatic rings. The molecule has 1 amide bonds. The van der Waals surface area contributed by atoms with E-state index in [0.717, 1.165) is 11.1 Å². The van der Waals surface area contributed by atoms with E-state index < -0.39 is 83.4 Å². The number of aliphatic carboxylic acids is 1. The lowest BCUT2D eigenvalue weighted by atomic mass is 9.98. The number of nitrogens with one attached hydrogen (secondary N) is 1. The number of cyclic esters (lactones) is 1. The highest BCUT2D eigenvalue weighted by Gasteiger charge is 2.43. The summed E-state index contributed by atoms with van der Waals surface area (Å²) in [5.74, 6) is -3.22. The number of nitrogens with two attached hydrogens (primary N) is 1. The van der Waals surface area contributed by atoms with Crippen molar-refractivity contribution in [1.82, 2.24) is 5.32 Å². The molecule has 10 rings (SSSR count). The lowest BCUT2D eigenvalue weighted by molar-refractivity contribution is -0.156. The van der Waals surface area contributed by atoms with Gasteiger partial charge < -0.3 is 128 Å². The number of aldehydes is 1. The van der Waals surface area contributed by atoms with Crippen molar-refractivity contribution in [2.75, 3.05) is 128 Å². The zero-order valence-corrected chi connectivity index (χ0v) is 70.8. The van der Waals surface area contributed by atoms with Crippen LogP contribution in [0.1, 0.15) is 102 Å². The Morgan fingerprint density at radius 1 is 0.504 bits per heavy atom. The number of esters is 3. The van der Waals surface area contributed by atoms with Crippen LogP contribution < -0.4 is 39.5 Å². The number of carbonyl (C=O) groups is 8. The summed E-state index contributed by atoms with van der Waals surface area (Å²) in [6.07, 6.45) is -5.70. The number of nitrogens with zero attached hydrogens (tertiary/aromatic N) is 2. The number of hydrogen-bond donors (Lipinski definition) is 10. The zero-order chi connectivity index (χ0) is 93.1. The molecule has 7 aromatic carbocycles. The van der Waals surface area contributed by atoms with Crippen molar-refractivity contribution in [3.63, 3.8) is 0 Å². The van der Waals surface area contributed by atoms with E-state index in [4.69, 9.17) is 102 Å². The number of aliphatic hydroxyl groups is 2. The highest BCUT2D eigenvalue weighted by molar-refractivity contribution is 6.03. The number of aromatic hydroxyl groups is 4. The fourth-order valence-electron chi connectivity index (χ4n) is 9.64. The molecule has 125 heavy (non-hydrogen) atoms. The molecule has 3 aliphatic rings. The lowest BCUT2D eigenvalue weighted by Gasteiger charge is -2.31. The van der Waals surface area contributed by atoms with Gasteiger partial charge in [0.1, 0.15) is 139 Å². The number of methoxy groups -OCH3 is 5. The van der Waals surface area contributed by atoms with Crippen molar-refractivity contribution in [3.05, 3.63) is 191 Å². The van der Waals surface area contributed by atoms with Gasteiger partial charge in [-0.1, -0.05) is 60.7 Å². The van der Waals surface area contributed by atoms with Crippen LogP contribution in [0.2, 0.25) is 0 Å². The molecule has 682 valence electrons. The molecule has 0 aliphatic carbocycles. The lowest BCUT2D eigenvalue weighted by Crippen LogP contribution is -2.54. The van der Waals surface area contributed by atoms with Gasteiger partial charge in [-0.2, -0.15) is 13.2 Å². The minimum atomic E-state index is -4.64. The number of aliphatic imine (C=N–C) groups is 2. The standard InChI is InChI=1S/C21H23NO6.C15H21NO6.C14H17NO6.C13H16O5.C11H15NO3.C10H12O5.C2HF3O/c1-21(20(24)27-13-15-6-4-3-5-7-15)14-28-19(22-21)17-9-8-16(12-18(17)23)26-11-10-25-2;1-10(18)15(2,9-17)16-14(20)12-5-4-11(8-13(12)19)22-7-6-21-3;1-14(13(17)18)8-21-12(15-14)10-4-3-9(7-11(10)16)20-6-5-19-2;1-13(2)17-11-8-9(16-7-6-15-3)4-5-10(11)12(14)18-13;1-11(12,8-13)10(14)15-7-9-5-3-2-4-6-9;1-14-4-5-15-7-2-3-8(10(12)13)9(11)6-7;3-2(4,5)1-6/h3-9,12,23H,10-11,13-14H2,1-2H3;4-5,8,17,19H,6-7,9H2,1-3H3,(H,16,20);3-4,7,16H,5-6,8H2,1-2H3,(H,17,18);4-5,8H,6-7H2,1-3H3;2-6,13H,7-8,12H2,1H3;2-3,6,11H,4-5H2,1H3,(H,12,13);1H. The molecule has 11 N–H and O–H groups in total. The van der Waals surface area contributed by atoms with Crippen LogP contribution in [0, 0.1) is 0 Å². The Balaban J connectivity index is 0.000000314. The first-order chi connectivity index (χ1) is 59.1. The minimum absolute atomic E-state index is 0.0139. The molecule has 0 spiro atoms. The van der Waals surface area contributed by atoms with E-state index in [0.29, 0.717) is 117 Å². The van der Waals surface area contributed by atoms with Crippen LogP contribution in [0.15, 0.2) is 162 Å². The molecular formula is C86H105F3N4O32. The number of alkyl halides is 3. The average Bonchev–Trinajstić information content (AvgIpc) is 1.79. The number of Topliss-reactive ketones (excluding diaryl/α,β-unsaturated/α-hetero) is 1. The Morgan fingerprint density at radius 3 is 1.22 bits per heavy atom. The van der Waals surface area contributed by atoms with Crippen molar-refractivity contribution >= 4 is 59.6 Å². The topological polar surface area (TPSA) is 509 Å². The molecule has 0 aromatic heterocycles. The summed E-state index contributed by atoms with van der Waals surface area (Å²) in [5, 5.41) is 77.8. The number of carbonyl (C=O) groups excluding carboxylic acids is 6. The van der Waals surface area contributed by atoms with Crippen LogP contribution >= 0.6 is 0 Å². The van der Waals surface area contributed by atoms with Crippen molar-refractivity contribution < 1.29 is 168 Å². The van der Waals surface area contributed by atoms with E-state index in [1.54, 1.807) is 98.8 Å². The fourth-order valence-corrected chi connectivity index (χ4v) is 9.64. The number of ether oxygens (including phenoxy) is 16. The summed E-state index contributed by atoms with van der Waals surface area (Å²) in [6.45, 7) is 14.0. The van der Waals surface area contributed by atoms with Crippen LogP contribution in [-0.4, -0.2) is 263 Å². The van der Waals surface area contributed by atoms with E-state index >= 15 is 0 Å². The number of ketones is 1. The van der Waals surface area contributed by atoms with Crippen molar-refractivity contribution in [3.8, 4) is 57.5 Å². The second-order valence-corrected chi connectivity index (χ2v) is 27.9. The van der Waals surface area contributed by atoms with Crippen LogP contribution in [0.5, 0.6) is 57.5 Å². The summed E-state index contributed by atoms with van der Waals surface area (Å²) >= 11 is 0. The second kappa shape index (κ2) is 51.3. The number of rotatable bonds is 35. The summed E-state index contributed by atoms with van der Waals surface area (Å²) in [6, 6.07) is 41.4. The number of benzene rings is 7. The number of aromatic carboxylic acids is 1. The number of phenolic OH excluding ortho intramolecular Hbond substituents is 3. The molecule has 36 nitrogen and oxygen atoms in total. The largest absolute Gasteiger partial charge is 0.507 e. The van der Waals surface area contributed by atoms with Gasteiger partial charge >= 0.3 is 36.0 Å². The first-order valence-electron chi connectivity index (χ1n) is 37.8. The van der Waals surface area contributed by atoms with Crippen molar-refractivity contribution in [2.45, 2.75) is 95.8 Å². The van der Waals surface area contributed by atoms with Gasteiger partial charge in [0.2, 0.25) is 23.9 Å². The zero-order valence-electron chi connectivity index (χ0n) is 70.8. The van der Waals surface area contributed by atoms with E-state index in [1.807, 2.05) is 60.7 Å². The molecule has 0 bridgehead atoms. The smallest absolute Gasteiger partial charge is 0.446 e. The Bertz CT molecular complexity index is 4710. The number of hydrogen-bond acceptors (Lipinski definition) is 33.